The number of rotatable bonds is 8. The molecule has 1 aromatic heterocycles. The van der Waals surface area contributed by atoms with E-state index in [4.69, 9.17) is 0 Å². The number of anilines is 1. The topological polar surface area (TPSA) is 74.3 Å². The standard InChI is InChI=1S/C25H32N4O2/c1-5-27-25(2,3)24(31)29(4)14-8-9-18-11-12-19-16-21(17-20(19)15-18)23(30)28-22-10-6-7-13-26-22/h6-13,15,21,27H,5,14,16-17H2,1-4H3,(H,26,28,30)/b9-8+/t21-/m1/s1. The van der Waals surface area contributed by atoms with Crippen molar-refractivity contribution >= 4 is 23.7 Å². The molecule has 2 amide bonds. The molecule has 0 radical (unpaired) electrons. The van der Waals surface area contributed by atoms with Crippen LogP contribution in [0.25, 0.3) is 6.08 Å². The predicted molar refractivity (Wildman–Crippen MR) is 125 cm³/mol. The fourth-order valence-corrected chi connectivity index (χ4v) is 4.02. The third-order valence-corrected chi connectivity index (χ3v) is 5.64. The lowest BCUT2D eigenvalue weighted by atomic mass is 10.0. The smallest absolute Gasteiger partial charge is 0.242 e. The molecule has 164 valence electrons. The summed E-state index contributed by atoms with van der Waals surface area (Å²) < 4.78 is 0. The van der Waals surface area contributed by atoms with Crippen molar-refractivity contribution in [1.82, 2.24) is 15.2 Å². The molecule has 0 bridgehead atoms. The summed E-state index contributed by atoms with van der Waals surface area (Å²) in [4.78, 5) is 31.1. The number of hydrogen-bond acceptors (Lipinski definition) is 4. The second kappa shape index (κ2) is 9.88. The molecule has 0 unspecified atom stereocenters. The Kier molecular flexibility index (Phi) is 7.23. The first kappa shape index (κ1) is 22.7. The summed E-state index contributed by atoms with van der Waals surface area (Å²) in [5, 5.41) is 6.12. The summed E-state index contributed by atoms with van der Waals surface area (Å²) in [7, 11) is 1.82. The van der Waals surface area contributed by atoms with Crippen molar-refractivity contribution in [3.63, 3.8) is 0 Å². The highest BCUT2D eigenvalue weighted by molar-refractivity contribution is 5.92. The van der Waals surface area contributed by atoms with E-state index in [1.807, 2.05) is 52.1 Å². The van der Waals surface area contributed by atoms with E-state index < -0.39 is 5.54 Å². The van der Waals surface area contributed by atoms with Crippen LogP contribution in [0.1, 0.15) is 37.5 Å². The minimum Gasteiger partial charge on any atom is -0.340 e. The molecule has 0 aliphatic heterocycles. The lowest BCUT2D eigenvalue weighted by Crippen LogP contribution is -2.53. The van der Waals surface area contributed by atoms with Gasteiger partial charge in [-0.25, -0.2) is 4.98 Å². The highest BCUT2D eigenvalue weighted by Crippen LogP contribution is 2.29. The first-order valence-corrected chi connectivity index (χ1v) is 10.8. The van der Waals surface area contributed by atoms with E-state index in [1.165, 1.54) is 11.1 Å². The fraction of sp³-hybridized carbons (Fsp3) is 0.400. The number of carbonyl (C=O) groups is 2. The number of fused-ring (bicyclic) bond motifs is 1. The lowest BCUT2D eigenvalue weighted by molar-refractivity contribution is -0.135. The molecule has 6 nitrogen and oxygen atoms in total. The molecule has 1 aromatic carbocycles. The maximum atomic E-state index is 12.6. The molecule has 0 saturated carbocycles. The molecular weight excluding hydrogens is 388 g/mol. The number of amides is 2. The van der Waals surface area contributed by atoms with Crippen molar-refractivity contribution < 1.29 is 9.59 Å². The Morgan fingerprint density at radius 3 is 2.68 bits per heavy atom. The Labute approximate surface area is 184 Å². The Bertz CT molecular complexity index is 953. The van der Waals surface area contributed by atoms with Gasteiger partial charge < -0.3 is 15.5 Å². The van der Waals surface area contributed by atoms with Gasteiger partial charge in [-0.2, -0.15) is 0 Å². The number of nitrogens with zero attached hydrogens (tertiary/aromatic N) is 2. The van der Waals surface area contributed by atoms with Crippen molar-refractivity contribution in [2.24, 2.45) is 5.92 Å². The van der Waals surface area contributed by atoms with Crippen LogP contribution in [0.4, 0.5) is 5.82 Å². The fourth-order valence-electron chi connectivity index (χ4n) is 4.02. The van der Waals surface area contributed by atoms with E-state index in [0.29, 0.717) is 12.4 Å². The molecule has 0 fully saturated rings. The largest absolute Gasteiger partial charge is 0.340 e. The molecule has 6 heteroatoms. The average molecular weight is 421 g/mol. The van der Waals surface area contributed by atoms with Gasteiger partial charge in [-0.3, -0.25) is 9.59 Å². The molecule has 31 heavy (non-hydrogen) atoms. The van der Waals surface area contributed by atoms with E-state index in [9.17, 15) is 9.59 Å². The highest BCUT2D eigenvalue weighted by atomic mass is 16.2. The van der Waals surface area contributed by atoms with Gasteiger partial charge in [0.05, 0.1) is 5.54 Å². The maximum Gasteiger partial charge on any atom is 0.242 e. The van der Waals surface area contributed by atoms with Crippen molar-refractivity contribution in [1.29, 1.82) is 0 Å². The molecule has 1 aliphatic carbocycles. The van der Waals surface area contributed by atoms with Crippen molar-refractivity contribution in [3.05, 3.63) is 65.4 Å². The van der Waals surface area contributed by atoms with Crippen LogP contribution in [0.2, 0.25) is 0 Å². The number of likely N-dealkylation sites (N-methyl/N-ethyl adjacent to an activating group) is 2. The first-order valence-electron chi connectivity index (χ1n) is 10.8. The Hall–Kier alpha value is -2.99. The number of carbonyl (C=O) groups excluding carboxylic acids is 2. The van der Waals surface area contributed by atoms with Crippen LogP contribution in [0.5, 0.6) is 0 Å². The van der Waals surface area contributed by atoms with Crippen LogP contribution >= 0.6 is 0 Å². The Morgan fingerprint density at radius 1 is 1.19 bits per heavy atom. The van der Waals surface area contributed by atoms with Gasteiger partial charge in [0.15, 0.2) is 0 Å². The maximum absolute atomic E-state index is 12.6. The van der Waals surface area contributed by atoms with Crippen LogP contribution in [-0.4, -0.2) is 47.4 Å². The summed E-state index contributed by atoms with van der Waals surface area (Å²) in [5.74, 6) is 0.585. The minimum absolute atomic E-state index is 0.00966. The molecule has 1 heterocycles. The number of nitrogens with one attached hydrogen (secondary N) is 2. The van der Waals surface area contributed by atoms with Crippen molar-refractivity contribution in [3.8, 4) is 0 Å². The molecule has 0 spiro atoms. The normalized spacial score (nSPS) is 15.7. The van der Waals surface area contributed by atoms with Gasteiger partial charge in [0.25, 0.3) is 0 Å². The molecule has 1 aliphatic rings. The SMILES string of the molecule is CCNC(C)(C)C(=O)N(C)C/C=C/c1ccc2c(c1)C[C@H](C(=O)Nc1ccccn1)C2. The number of pyridine rings is 1. The van der Waals surface area contributed by atoms with Crippen molar-refractivity contribution in [2.45, 2.75) is 39.2 Å². The van der Waals surface area contributed by atoms with E-state index in [0.717, 1.165) is 24.9 Å². The zero-order valence-electron chi connectivity index (χ0n) is 18.8. The predicted octanol–water partition coefficient (Wildman–Crippen LogP) is 3.29. The molecular formula is C25H32N4O2. The number of benzene rings is 1. The quantitative estimate of drug-likeness (QED) is 0.687. The first-order chi connectivity index (χ1) is 14.8. The number of hydrogen-bond donors (Lipinski definition) is 2. The second-order valence-electron chi connectivity index (χ2n) is 8.58. The average Bonchev–Trinajstić information content (AvgIpc) is 3.17. The second-order valence-corrected chi connectivity index (χ2v) is 8.58. The van der Waals surface area contributed by atoms with Gasteiger partial charge in [0, 0.05) is 25.7 Å². The summed E-state index contributed by atoms with van der Waals surface area (Å²) in [6.45, 7) is 7.09. The monoisotopic (exact) mass is 420 g/mol. The van der Waals surface area contributed by atoms with Crippen molar-refractivity contribution in [2.75, 3.05) is 25.5 Å². The van der Waals surface area contributed by atoms with Crippen LogP contribution in [0, 0.1) is 5.92 Å². The summed E-state index contributed by atoms with van der Waals surface area (Å²) in [6, 6.07) is 11.8. The van der Waals surface area contributed by atoms with Gasteiger partial charge in [-0.1, -0.05) is 43.3 Å². The third-order valence-electron chi connectivity index (χ3n) is 5.64. The van der Waals surface area contributed by atoms with Crippen LogP contribution < -0.4 is 10.6 Å². The van der Waals surface area contributed by atoms with E-state index in [-0.39, 0.29) is 17.7 Å². The molecule has 1 atom stereocenters. The zero-order valence-corrected chi connectivity index (χ0v) is 18.8. The van der Waals surface area contributed by atoms with Gasteiger partial charge in [-0.05, 0) is 62.1 Å². The van der Waals surface area contributed by atoms with Gasteiger partial charge in [0.2, 0.25) is 11.8 Å². The number of aromatic nitrogens is 1. The molecule has 0 saturated heterocycles. The lowest BCUT2D eigenvalue weighted by Gasteiger charge is -2.29. The van der Waals surface area contributed by atoms with E-state index >= 15 is 0 Å². The molecule has 2 N–H and O–H groups in total. The van der Waals surface area contributed by atoms with Crippen LogP contribution in [0.15, 0.2) is 48.7 Å². The Balaban J connectivity index is 1.57. The highest BCUT2D eigenvalue weighted by Gasteiger charge is 2.29. The van der Waals surface area contributed by atoms with E-state index in [2.05, 4.69) is 33.8 Å². The summed E-state index contributed by atoms with van der Waals surface area (Å²) >= 11 is 0. The van der Waals surface area contributed by atoms with Gasteiger partial charge in [0.1, 0.15) is 5.82 Å². The van der Waals surface area contributed by atoms with Crippen LogP contribution in [0.3, 0.4) is 0 Å². The summed E-state index contributed by atoms with van der Waals surface area (Å²) in [6.07, 6.45) is 7.18. The zero-order chi connectivity index (χ0) is 22.4. The third kappa shape index (κ3) is 5.79. The summed E-state index contributed by atoms with van der Waals surface area (Å²) in [5.41, 5.74) is 2.94. The van der Waals surface area contributed by atoms with Gasteiger partial charge >= 0.3 is 0 Å². The Morgan fingerprint density at radius 2 is 1.97 bits per heavy atom. The molecule has 2 aromatic rings. The molecule has 3 rings (SSSR count). The van der Waals surface area contributed by atoms with Gasteiger partial charge in [-0.15, -0.1) is 0 Å². The van der Waals surface area contributed by atoms with Crippen LogP contribution in [-0.2, 0) is 22.4 Å². The minimum atomic E-state index is -0.574. The van der Waals surface area contributed by atoms with E-state index in [1.54, 1.807) is 17.2 Å².